The van der Waals surface area contributed by atoms with E-state index in [1.54, 1.807) is 11.3 Å². The molecular formula is C13H21NOS. The molecule has 16 heavy (non-hydrogen) atoms. The van der Waals surface area contributed by atoms with Crippen molar-refractivity contribution in [2.75, 3.05) is 13.1 Å². The summed E-state index contributed by atoms with van der Waals surface area (Å²) in [7, 11) is 0. The molecule has 0 bridgehead atoms. The Hall–Kier alpha value is -0.380. The molecule has 2 heterocycles. The lowest BCUT2D eigenvalue weighted by atomic mass is 9.95. The van der Waals surface area contributed by atoms with Crippen LogP contribution in [0.2, 0.25) is 0 Å². The molecule has 0 aromatic carbocycles. The van der Waals surface area contributed by atoms with Crippen molar-refractivity contribution < 1.29 is 4.74 Å². The largest absolute Gasteiger partial charge is 0.367 e. The van der Waals surface area contributed by atoms with Crippen LogP contribution in [0.4, 0.5) is 0 Å². The Kier molecular flexibility index (Phi) is 4.38. The zero-order valence-electron chi connectivity index (χ0n) is 10.1. The molecule has 1 N–H and O–H groups in total. The quantitative estimate of drug-likeness (QED) is 0.871. The number of hydrogen-bond donors (Lipinski definition) is 1. The molecule has 90 valence electrons. The van der Waals surface area contributed by atoms with Crippen molar-refractivity contribution in [3.05, 3.63) is 22.4 Å². The number of hydrogen-bond acceptors (Lipinski definition) is 3. The fraction of sp³-hybridized carbons (Fsp3) is 0.692. The average molecular weight is 239 g/mol. The normalized spacial score (nSPS) is 26.2. The average Bonchev–Trinajstić information content (AvgIpc) is 2.85. The zero-order valence-corrected chi connectivity index (χ0v) is 10.9. The predicted molar refractivity (Wildman–Crippen MR) is 68.9 cm³/mol. The van der Waals surface area contributed by atoms with Crippen molar-refractivity contribution >= 4 is 11.3 Å². The molecule has 0 spiro atoms. The molecule has 1 fully saturated rings. The van der Waals surface area contributed by atoms with Crippen molar-refractivity contribution in [1.82, 2.24) is 5.32 Å². The van der Waals surface area contributed by atoms with E-state index in [1.807, 2.05) is 0 Å². The molecule has 0 aliphatic carbocycles. The van der Waals surface area contributed by atoms with Gasteiger partial charge in [0.25, 0.3) is 0 Å². The van der Waals surface area contributed by atoms with Crippen LogP contribution < -0.4 is 5.32 Å². The number of ether oxygens (including phenoxy) is 1. The molecular weight excluding hydrogens is 218 g/mol. The van der Waals surface area contributed by atoms with E-state index in [9.17, 15) is 0 Å². The van der Waals surface area contributed by atoms with Gasteiger partial charge in [0.2, 0.25) is 0 Å². The molecule has 0 amide bonds. The van der Waals surface area contributed by atoms with E-state index in [0.29, 0.717) is 12.0 Å². The number of nitrogens with one attached hydrogen (secondary N) is 1. The van der Waals surface area contributed by atoms with Crippen LogP contribution in [0.5, 0.6) is 0 Å². The zero-order chi connectivity index (χ0) is 11.4. The SMILES string of the molecule is CCC(CC)C1CNCC(c2ccsc2)O1. The van der Waals surface area contributed by atoms with Gasteiger partial charge < -0.3 is 10.1 Å². The lowest BCUT2D eigenvalue weighted by Gasteiger charge is -2.35. The number of rotatable bonds is 4. The van der Waals surface area contributed by atoms with Crippen molar-refractivity contribution in [3.63, 3.8) is 0 Å². The Morgan fingerprint density at radius 2 is 2.25 bits per heavy atom. The van der Waals surface area contributed by atoms with Gasteiger partial charge in [-0.05, 0) is 28.3 Å². The van der Waals surface area contributed by atoms with Crippen LogP contribution in [0, 0.1) is 5.92 Å². The second-order valence-electron chi connectivity index (χ2n) is 4.45. The van der Waals surface area contributed by atoms with E-state index >= 15 is 0 Å². The maximum atomic E-state index is 6.22. The van der Waals surface area contributed by atoms with Gasteiger partial charge in [-0.1, -0.05) is 26.7 Å². The lowest BCUT2D eigenvalue weighted by molar-refractivity contribution is -0.0686. The Bertz CT molecular complexity index is 295. The molecule has 2 nitrogen and oxygen atoms in total. The van der Waals surface area contributed by atoms with Crippen molar-refractivity contribution in [3.8, 4) is 0 Å². The molecule has 3 heteroatoms. The third-order valence-corrected chi connectivity index (χ3v) is 4.21. The van der Waals surface area contributed by atoms with Gasteiger partial charge in [0.15, 0.2) is 0 Å². The molecule has 2 unspecified atom stereocenters. The Morgan fingerprint density at radius 3 is 2.88 bits per heavy atom. The summed E-state index contributed by atoms with van der Waals surface area (Å²) in [6.45, 7) is 6.47. The van der Waals surface area contributed by atoms with Gasteiger partial charge in [-0.2, -0.15) is 11.3 Å². The second kappa shape index (κ2) is 5.80. The Labute approximate surface area is 102 Å². The molecule has 1 saturated heterocycles. The molecule has 0 saturated carbocycles. The van der Waals surface area contributed by atoms with E-state index in [1.165, 1.54) is 18.4 Å². The van der Waals surface area contributed by atoms with Gasteiger partial charge in [0.1, 0.15) is 0 Å². The summed E-state index contributed by atoms with van der Waals surface area (Å²) in [6, 6.07) is 2.17. The smallest absolute Gasteiger partial charge is 0.0961 e. The minimum Gasteiger partial charge on any atom is -0.367 e. The molecule has 2 rings (SSSR count). The summed E-state index contributed by atoms with van der Waals surface area (Å²) in [6.07, 6.45) is 3.05. The summed E-state index contributed by atoms with van der Waals surface area (Å²) in [5.41, 5.74) is 1.33. The lowest BCUT2D eigenvalue weighted by Crippen LogP contribution is -2.44. The van der Waals surface area contributed by atoms with Crippen molar-refractivity contribution in [2.45, 2.75) is 38.9 Å². The van der Waals surface area contributed by atoms with Gasteiger partial charge in [0.05, 0.1) is 12.2 Å². The summed E-state index contributed by atoms with van der Waals surface area (Å²) in [5, 5.41) is 7.82. The van der Waals surface area contributed by atoms with E-state index in [4.69, 9.17) is 4.74 Å². The van der Waals surface area contributed by atoms with E-state index in [2.05, 4.69) is 36.0 Å². The van der Waals surface area contributed by atoms with Crippen LogP contribution in [-0.4, -0.2) is 19.2 Å². The first-order chi connectivity index (χ1) is 7.85. The van der Waals surface area contributed by atoms with Crippen LogP contribution in [0.3, 0.4) is 0 Å². The molecule has 1 aliphatic heterocycles. The molecule has 2 atom stereocenters. The van der Waals surface area contributed by atoms with E-state index in [0.717, 1.165) is 13.1 Å². The number of morpholine rings is 1. The van der Waals surface area contributed by atoms with E-state index < -0.39 is 0 Å². The standard InChI is InChI=1S/C13H21NOS/c1-3-10(4-2)12-7-14-8-13(15-12)11-5-6-16-9-11/h5-6,9-10,12-14H,3-4,7-8H2,1-2H3. The highest BCUT2D eigenvalue weighted by atomic mass is 32.1. The molecule has 1 aromatic heterocycles. The first-order valence-electron chi connectivity index (χ1n) is 6.23. The maximum absolute atomic E-state index is 6.22. The molecule has 0 radical (unpaired) electrons. The first-order valence-corrected chi connectivity index (χ1v) is 7.17. The first kappa shape index (κ1) is 12.1. The van der Waals surface area contributed by atoms with E-state index in [-0.39, 0.29) is 6.10 Å². The topological polar surface area (TPSA) is 21.3 Å². The van der Waals surface area contributed by atoms with Crippen LogP contribution in [0.15, 0.2) is 16.8 Å². The Balaban J connectivity index is 1.98. The van der Waals surface area contributed by atoms with Gasteiger partial charge >= 0.3 is 0 Å². The van der Waals surface area contributed by atoms with Gasteiger partial charge in [-0.15, -0.1) is 0 Å². The monoisotopic (exact) mass is 239 g/mol. The highest BCUT2D eigenvalue weighted by molar-refractivity contribution is 7.07. The van der Waals surface area contributed by atoms with Gasteiger partial charge in [-0.25, -0.2) is 0 Å². The van der Waals surface area contributed by atoms with Crippen LogP contribution in [-0.2, 0) is 4.74 Å². The fourth-order valence-corrected chi connectivity index (χ4v) is 3.11. The van der Waals surface area contributed by atoms with Gasteiger partial charge in [-0.3, -0.25) is 0 Å². The molecule has 1 aromatic rings. The Morgan fingerprint density at radius 1 is 1.44 bits per heavy atom. The van der Waals surface area contributed by atoms with Gasteiger partial charge in [0, 0.05) is 13.1 Å². The van der Waals surface area contributed by atoms with Crippen LogP contribution in [0.1, 0.15) is 38.4 Å². The highest BCUT2D eigenvalue weighted by Gasteiger charge is 2.27. The maximum Gasteiger partial charge on any atom is 0.0961 e. The minimum atomic E-state index is 0.255. The fourth-order valence-electron chi connectivity index (χ4n) is 2.41. The number of thiophene rings is 1. The summed E-state index contributed by atoms with van der Waals surface area (Å²) < 4.78 is 6.22. The predicted octanol–water partition coefficient (Wildman–Crippen LogP) is 3.21. The summed E-state index contributed by atoms with van der Waals surface area (Å²) in [4.78, 5) is 0. The van der Waals surface area contributed by atoms with Crippen LogP contribution >= 0.6 is 11.3 Å². The minimum absolute atomic E-state index is 0.255. The highest BCUT2D eigenvalue weighted by Crippen LogP contribution is 2.28. The third kappa shape index (κ3) is 2.65. The van der Waals surface area contributed by atoms with Crippen LogP contribution in [0.25, 0.3) is 0 Å². The third-order valence-electron chi connectivity index (χ3n) is 3.50. The second-order valence-corrected chi connectivity index (χ2v) is 5.23. The summed E-state index contributed by atoms with van der Waals surface area (Å²) in [5.74, 6) is 0.689. The summed E-state index contributed by atoms with van der Waals surface area (Å²) >= 11 is 1.75. The van der Waals surface area contributed by atoms with Crippen molar-refractivity contribution in [2.24, 2.45) is 5.92 Å². The molecule has 1 aliphatic rings. The van der Waals surface area contributed by atoms with Crippen molar-refractivity contribution in [1.29, 1.82) is 0 Å².